The molecule has 0 radical (unpaired) electrons. The van der Waals surface area contributed by atoms with Gasteiger partial charge in [0.25, 0.3) is 0 Å². The number of ether oxygens (including phenoxy) is 1. The second kappa shape index (κ2) is 6.05. The second-order valence-corrected chi connectivity index (χ2v) is 4.04. The molecule has 15 heavy (non-hydrogen) atoms. The summed E-state index contributed by atoms with van der Waals surface area (Å²) >= 11 is 0. The van der Waals surface area contributed by atoms with Crippen LogP contribution >= 0.6 is 0 Å². The second-order valence-electron chi connectivity index (χ2n) is 4.04. The van der Waals surface area contributed by atoms with E-state index in [1.807, 2.05) is 0 Å². The molecular formula is C10H21N3O2. The van der Waals surface area contributed by atoms with Crippen LogP contribution in [0.25, 0.3) is 0 Å². The summed E-state index contributed by atoms with van der Waals surface area (Å²) in [6.45, 7) is 3.68. The van der Waals surface area contributed by atoms with E-state index < -0.39 is 0 Å². The van der Waals surface area contributed by atoms with Crippen LogP contribution in [0.4, 0.5) is 0 Å². The molecule has 0 aliphatic carbocycles. The third-order valence-corrected chi connectivity index (χ3v) is 2.73. The van der Waals surface area contributed by atoms with E-state index in [0.29, 0.717) is 19.6 Å². The van der Waals surface area contributed by atoms with E-state index in [1.54, 1.807) is 19.0 Å². The number of carbonyl (C=O) groups excluding carboxylic acids is 1. The molecule has 88 valence electrons. The maximum Gasteiger partial charge on any atom is 0.223 e. The van der Waals surface area contributed by atoms with E-state index >= 15 is 0 Å². The third kappa shape index (κ3) is 3.77. The molecule has 0 saturated carbocycles. The first-order valence-corrected chi connectivity index (χ1v) is 5.37. The predicted molar refractivity (Wildman–Crippen MR) is 58.5 cm³/mol. The molecule has 1 rings (SSSR count). The first kappa shape index (κ1) is 12.4. The Kier molecular flexibility index (Phi) is 5.01. The van der Waals surface area contributed by atoms with Crippen LogP contribution in [0.2, 0.25) is 0 Å². The first-order valence-electron chi connectivity index (χ1n) is 5.37. The van der Waals surface area contributed by atoms with Gasteiger partial charge in [0, 0.05) is 46.2 Å². The lowest BCUT2D eigenvalue weighted by Crippen LogP contribution is -2.50. The smallest absolute Gasteiger partial charge is 0.223 e. The quantitative estimate of drug-likeness (QED) is 0.662. The molecule has 1 aliphatic heterocycles. The van der Waals surface area contributed by atoms with Crippen molar-refractivity contribution in [2.24, 2.45) is 5.73 Å². The maximum atomic E-state index is 11.4. The summed E-state index contributed by atoms with van der Waals surface area (Å²) < 4.78 is 5.34. The summed E-state index contributed by atoms with van der Waals surface area (Å²) in [4.78, 5) is 15.3. The largest absolute Gasteiger partial charge is 0.378 e. The molecule has 5 heteroatoms. The van der Waals surface area contributed by atoms with Crippen LogP contribution in [-0.4, -0.2) is 68.7 Å². The Morgan fingerprint density at radius 1 is 1.60 bits per heavy atom. The topological polar surface area (TPSA) is 58.8 Å². The van der Waals surface area contributed by atoms with Gasteiger partial charge < -0.3 is 15.4 Å². The summed E-state index contributed by atoms with van der Waals surface area (Å²) in [5.74, 6) is 0.164. The highest BCUT2D eigenvalue weighted by molar-refractivity contribution is 5.75. The van der Waals surface area contributed by atoms with Crippen LogP contribution < -0.4 is 5.73 Å². The highest BCUT2D eigenvalue weighted by Gasteiger charge is 2.21. The molecule has 5 nitrogen and oxygen atoms in total. The van der Waals surface area contributed by atoms with E-state index in [1.165, 1.54) is 0 Å². The minimum Gasteiger partial charge on any atom is -0.378 e. The molecule has 0 spiro atoms. The van der Waals surface area contributed by atoms with E-state index in [-0.39, 0.29) is 11.9 Å². The Hall–Kier alpha value is -0.650. The Morgan fingerprint density at radius 3 is 2.93 bits per heavy atom. The van der Waals surface area contributed by atoms with Gasteiger partial charge in [-0.15, -0.1) is 0 Å². The van der Waals surface area contributed by atoms with Crippen molar-refractivity contribution in [3.8, 4) is 0 Å². The third-order valence-electron chi connectivity index (χ3n) is 2.73. The normalized spacial score (nSPS) is 22.7. The van der Waals surface area contributed by atoms with Gasteiger partial charge in [0.2, 0.25) is 5.91 Å². The Labute approximate surface area is 91.2 Å². The van der Waals surface area contributed by atoms with Crippen LogP contribution in [0, 0.1) is 0 Å². The SMILES string of the molecule is CN(C)C(=O)CCN1CCOCC1CN. The lowest BCUT2D eigenvalue weighted by atomic mass is 10.2. The minimum atomic E-state index is 0.164. The predicted octanol–water partition coefficient (Wildman–Crippen LogP) is -0.876. The summed E-state index contributed by atoms with van der Waals surface area (Å²) in [5.41, 5.74) is 5.64. The minimum absolute atomic E-state index is 0.164. The van der Waals surface area contributed by atoms with E-state index in [2.05, 4.69) is 4.90 Å². The van der Waals surface area contributed by atoms with Gasteiger partial charge in [-0.1, -0.05) is 0 Å². The Balaban J connectivity index is 2.32. The molecule has 1 aliphatic rings. The number of carbonyl (C=O) groups is 1. The van der Waals surface area contributed by atoms with Gasteiger partial charge in [-0.05, 0) is 0 Å². The molecule has 0 aromatic rings. The van der Waals surface area contributed by atoms with Gasteiger partial charge in [-0.25, -0.2) is 0 Å². The molecule has 1 unspecified atom stereocenters. The zero-order valence-electron chi connectivity index (χ0n) is 9.61. The van der Waals surface area contributed by atoms with Crippen LogP contribution in [0.3, 0.4) is 0 Å². The number of hydrogen-bond acceptors (Lipinski definition) is 4. The average Bonchev–Trinajstić information content (AvgIpc) is 2.26. The van der Waals surface area contributed by atoms with E-state index in [0.717, 1.165) is 19.7 Å². The highest BCUT2D eigenvalue weighted by atomic mass is 16.5. The van der Waals surface area contributed by atoms with Gasteiger partial charge >= 0.3 is 0 Å². The lowest BCUT2D eigenvalue weighted by molar-refractivity contribution is -0.129. The zero-order valence-corrected chi connectivity index (χ0v) is 9.61. The molecule has 0 aromatic heterocycles. The number of morpholine rings is 1. The number of nitrogens with two attached hydrogens (primary N) is 1. The molecule has 1 saturated heterocycles. The van der Waals surface area contributed by atoms with Crippen LogP contribution in [0.5, 0.6) is 0 Å². The van der Waals surface area contributed by atoms with Crippen molar-refractivity contribution in [2.75, 3.05) is 46.9 Å². The standard InChI is InChI=1S/C10H21N3O2/c1-12(2)10(14)3-4-13-5-6-15-8-9(13)7-11/h9H,3-8,11H2,1-2H3. The molecule has 1 atom stereocenters. The molecule has 1 amide bonds. The number of amides is 1. The molecule has 1 heterocycles. The van der Waals surface area contributed by atoms with Gasteiger partial charge in [0.05, 0.1) is 13.2 Å². The van der Waals surface area contributed by atoms with Gasteiger partial charge in [-0.3, -0.25) is 9.69 Å². The van der Waals surface area contributed by atoms with Crippen molar-refractivity contribution in [1.29, 1.82) is 0 Å². The number of nitrogens with zero attached hydrogens (tertiary/aromatic N) is 2. The van der Waals surface area contributed by atoms with Crippen molar-refractivity contribution in [2.45, 2.75) is 12.5 Å². The van der Waals surface area contributed by atoms with Crippen LogP contribution in [0.15, 0.2) is 0 Å². The fourth-order valence-corrected chi connectivity index (χ4v) is 1.66. The van der Waals surface area contributed by atoms with Crippen molar-refractivity contribution < 1.29 is 9.53 Å². The zero-order chi connectivity index (χ0) is 11.3. The highest BCUT2D eigenvalue weighted by Crippen LogP contribution is 2.06. The van der Waals surface area contributed by atoms with Gasteiger partial charge in [-0.2, -0.15) is 0 Å². The van der Waals surface area contributed by atoms with Gasteiger partial charge in [0.15, 0.2) is 0 Å². The van der Waals surface area contributed by atoms with Crippen molar-refractivity contribution in [3.63, 3.8) is 0 Å². The summed E-state index contributed by atoms with van der Waals surface area (Å²) in [6.07, 6.45) is 0.559. The summed E-state index contributed by atoms with van der Waals surface area (Å²) in [7, 11) is 3.56. The van der Waals surface area contributed by atoms with Crippen molar-refractivity contribution in [3.05, 3.63) is 0 Å². The molecular weight excluding hydrogens is 194 g/mol. The number of rotatable bonds is 4. The molecule has 0 aromatic carbocycles. The lowest BCUT2D eigenvalue weighted by Gasteiger charge is -2.34. The van der Waals surface area contributed by atoms with E-state index in [4.69, 9.17) is 10.5 Å². The molecule has 1 fully saturated rings. The number of hydrogen-bond donors (Lipinski definition) is 1. The Morgan fingerprint density at radius 2 is 2.33 bits per heavy atom. The fourth-order valence-electron chi connectivity index (χ4n) is 1.66. The van der Waals surface area contributed by atoms with E-state index in [9.17, 15) is 4.79 Å². The maximum absolute atomic E-state index is 11.4. The van der Waals surface area contributed by atoms with Crippen molar-refractivity contribution >= 4 is 5.91 Å². The first-order chi connectivity index (χ1) is 7.15. The van der Waals surface area contributed by atoms with Crippen LogP contribution in [0.1, 0.15) is 6.42 Å². The summed E-state index contributed by atoms with van der Waals surface area (Å²) in [6, 6.07) is 0.272. The van der Waals surface area contributed by atoms with Crippen LogP contribution in [-0.2, 0) is 9.53 Å². The Bertz CT molecular complexity index is 209. The fraction of sp³-hybridized carbons (Fsp3) is 0.900. The molecule has 0 bridgehead atoms. The average molecular weight is 215 g/mol. The van der Waals surface area contributed by atoms with Crippen molar-refractivity contribution in [1.82, 2.24) is 9.80 Å². The van der Waals surface area contributed by atoms with Gasteiger partial charge in [0.1, 0.15) is 0 Å². The molecule has 2 N–H and O–H groups in total. The monoisotopic (exact) mass is 215 g/mol. The summed E-state index contributed by atoms with van der Waals surface area (Å²) in [5, 5.41) is 0.